The minimum Gasteiger partial charge on any atom is -0.507 e. The van der Waals surface area contributed by atoms with Crippen LogP contribution in [0.5, 0.6) is 0 Å². The first-order valence-corrected chi connectivity index (χ1v) is 9.93. The molecule has 0 spiro atoms. The predicted octanol–water partition coefficient (Wildman–Crippen LogP) is 5.63. The van der Waals surface area contributed by atoms with Crippen molar-refractivity contribution in [1.29, 1.82) is 0 Å². The summed E-state index contributed by atoms with van der Waals surface area (Å²) in [6.07, 6.45) is 0. The molecule has 3 aromatic rings. The summed E-state index contributed by atoms with van der Waals surface area (Å²) in [6, 6.07) is 15.9. The highest BCUT2D eigenvalue weighted by molar-refractivity contribution is 9.10. The molecule has 1 fully saturated rings. The van der Waals surface area contributed by atoms with Gasteiger partial charge < -0.3 is 9.52 Å². The Labute approximate surface area is 180 Å². The minimum absolute atomic E-state index is 0.0263. The molecular formula is C22H15BrClNO4. The van der Waals surface area contributed by atoms with Crippen molar-refractivity contribution in [2.45, 2.75) is 13.0 Å². The first-order valence-electron chi connectivity index (χ1n) is 8.75. The second kappa shape index (κ2) is 7.54. The number of carbonyl (C=O) groups is 2. The van der Waals surface area contributed by atoms with Crippen LogP contribution in [0, 0.1) is 6.92 Å². The molecule has 0 bridgehead atoms. The van der Waals surface area contributed by atoms with Gasteiger partial charge in [0.1, 0.15) is 23.3 Å². The number of aliphatic hydroxyl groups is 1. The predicted molar refractivity (Wildman–Crippen MR) is 114 cm³/mol. The molecule has 1 saturated heterocycles. The fourth-order valence-corrected chi connectivity index (χ4v) is 3.72. The number of nitrogens with zero attached hydrogens (tertiary/aromatic N) is 1. The van der Waals surface area contributed by atoms with Gasteiger partial charge in [-0.15, -0.1) is 0 Å². The molecule has 1 aliphatic rings. The van der Waals surface area contributed by atoms with Crippen LogP contribution >= 0.6 is 27.5 Å². The Hall–Kier alpha value is -2.83. The number of carbonyl (C=O) groups excluding carboxylic acids is 2. The maximum Gasteiger partial charge on any atom is 0.300 e. The highest BCUT2D eigenvalue weighted by Gasteiger charge is 2.48. The van der Waals surface area contributed by atoms with Gasteiger partial charge in [-0.25, -0.2) is 0 Å². The maximum atomic E-state index is 12.9. The number of hydrogen-bond donors (Lipinski definition) is 1. The molecule has 1 aliphatic heterocycles. The van der Waals surface area contributed by atoms with Gasteiger partial charge in [0.2, 0.25) is 0 Å². The fraction of sp³-hybridized carbons (Fsp3) is 0.0909. The third-order valence-electron chi connectivity index (χ3n) is 4.70. The molecule has 1 unspecified atom stereocenters. The van der Waals surface area contributed by atoms with Crippen molar-refractivity contribution in [3.63, 3.8) is 0 Å². The zero-order valence-corrected chi connectivity index (χ0v) is 17.6. The smallest absolute Gasteiger partial charge is 0.300 e. The molecule has 0 radical (unpaired) electrons. The van der Waals surface area contributed by atoms with Crippen molar-refractivity contribution in [3.05, 3.63) is 92.8 Å². The maximum absolute atomic E-state index is 12.9. The van der Waals surface area contributed by atoms with Gasteiger partial charge in [-0.3, -0.25) is 14.5 Å². The van der Waals surface area contributed by atoms with Crippen LogP contribution in [0.1, 0.15) is 23.1 Å². The summed E-state index contributed by atoms with van der Waals surface area (Å²) in [6.45, 7) is 1.77. The lowest BCUT2D eigenvalue weighted by Crippen LogP contribution is -2.29. The van der Waals surface area contributed by atoms with Crippen LogP contribution in [-0.2, 0) is 9.59 Å². The Morgan fingerprint density at radius 2 is 1.69 bits per heavy atom. The van der Waals surface area contributed by atoms with Crippen LogP contribution < -0.4 is 4.90 Å². The van der Waals surface area contributed by atoms with Gasteiger partial charge in [0.25, 0.3) is 11.7 Å². The van der Waals surface area contributed by atoms with Crippen LogP contribution in [0.4, 0.5) is 5.69 Å². The van der Waals surface area contributed by atoms with Gasteiger partial charge in [-0.05, 0) is 55.5 Å². The third kappa shape index (κ3) is 3.50. The second-order valence-corrected chi connectivity index (χ2v) is 7.95. The van der Waals surface area contributed by atoms with Crippen molar-refractivity contribution in [2.75, 3.05) is 4.90 Å². The SMILES string of the molecule is Cc1ccc(C2/C(=C(/O)c3ccc(Br)cc3)C(=O)C(=O)N2c2ccc(Cl)cc2)o1. The number of halogens is 2. The first kappa shape index (κ1) is 19.5. The molecular weight excluding hydrogens is 458 g/mol. The van der Waals surface area contributed by atoms with Gasteiger partial charge in [-0.2, -0.15) is 0 Å². The van der Waals surface area contributed by atoms with E-state index in [-0.39, 0.29) is 11.3 Å². The molecule has 5 nitrogen and oxygen atoms in total. The van der Waals surface area contributed by atoms with Gasteiger partial charge >= 0.3 is 0 Å². The number of benzene rings is 2. The molecule has 4 rings (SSSR count). The average Bonchev–Trinajstić information content (AvgIpc) is 3.24. The molecule has 2 aromatic carbocycles. The van der Waals surface area contributed by atoms with E-state index in [2.05, 4.69) is 15.9 Å². The standard InChI is InChI=1S/C22H15BrClNO4/c1-12-2-11-17(29-12)19-18(20(26)13-3-5-14(23)6-4-13)21(27)22(28)25(19)16-9-7-15(24)8-10-16/h2-11,19,26H,1H3/b20-18-. The normalized spacial score (nSPS) is 18.4. The molecule has 146 valence electrons. The summed E-state index contributed by atoms with van der Waals surface area (Å²) in [4.78, 5) is 27.2. The molecule has 1 N–H and O–H groups in total. The lowest BCUT2D eigenvalue weighted by atomic mass is 9.99. The van der Waals surface area contributed by atoms with Crippen LogP contribution in [0.15, 0.2) is 75.1 Å². The van der Waals surface area contributed by atoms with Crippen LogP contribution in [0.25, 0.3) is 5.76 Å². The Bertz CT molecular complexity index is 1130. The lowest BCUT2D eigenvalue weighted by molar-refractivity contribution is -0.132. The Balaban J connectivity index is 1.92. The molecule has 2 heterocycles. The van der Waals surface area contributed by atoms with E-state index in [0.717, 1.165) is 4.47 Å². The van der Waals surface area contributed by atoms with Crippen LogP contribution in [0.3, 0.4) is 0 Å². The summed E-state index contributed by atoms with van der Waals surface area (Å²) < 4.78 is 6.58. The number of rotatable bonds is 3. The van der Waals surface area contributed by atoms with E-state index in [9.17, 15) is 14.7 Å². The number of hydrogen-bond acceptors (Lipinski definition) is 4. The van der Waals surface area contributed by atoms with E-state index in [1.165, 1.54) is 4.90 Å². The number of aryl methyl sites for hydroxylation is 1. The summed E-state index contributed by atoms with van der Waals surface area (Å²) >= 11 is 9.31. The number of Topliss-reactive ketones (excluding diaryl/α,β-unsaturated/α-hetero) is 1. The second-order valence-electron chi connectivity index (χ2n) is 6.60. The molecule has 0 aliphatic carbocycles. The highest BCUT2D eigenvalue weighted by atomic mass is 79.9. The van der Waals surface area contributed by atoms with Crippen molar-refractivity contribution >= 4 is 50.7 Å². The molecule has 1 aromatic heterocycles. The molecule has 1 amide bonds. The topological polar surface area (TPSA) is 70.8 Å². The zero-order valence-electron chi connectivity index (χ0n) is 15.2. The summed E-state index contributed by atoms with van der Waals surface area (Å²) in [7, 11) is 0. The van der Waals surface area contributed by atoms with E-state index >= 15 is 0 Å². The quantitative estimate of drug-likeness (QED) is 0.305. The van der Waals surface area contributed by atoms with Crippen LogP contribution in [-0.4, -0.2) is 16.8 Å². The molecule has 7 heteroatoms. The van der Waals surface area contributed by atoms with Gasteiger partial charge in [-0.1, -0.05) is 39.7 Å². The Morgan fingerprint density at radius 3 is 2.28 bits per heavy atom. The molecule has 29 heavy (non-hydrogen) atoms. The van der Waals surface area contributed by atoms with Gasteiger partial charge in [0, 0.05) is 20.7 Å². The third-order valence-corrected chi connectivity index (χ3v) is 5.48. The van der Waals surface area contributed by atoms with Gasteiger partial charge in [0.05, 0.1) is 5.57 Å². The fourth-order valence-electron chi connectivity index (χ4n) is 3.33. The average molecular weight is 473 g/mol. The molecule has 1 atom stereocenters. The highest BCUT2D eigenvalue weighted by Crippen LogP contribution is 2.42. The van der Waals surface area contributed by atoms with Crippen LogP contribution in [0.2, 0.25) is 5.02 Å². The summed E-state index contributed by atoms with van der Waals surface area (Å²) in [5, 5.41) is 11.5. The van der Waals surface area contributed by atoms with E-state index in [4.69, 9.17) is 16.0 Å². The number of anilines is 1. The largest absolute Gasteiger partial charge is 0.507 e. The zero-order chi connectivity index (χ0) is 20.7. The molecule has 0 saturated carbocycles. The van der Waals surface area contributed by atoms with Crippen molar-refractivity contribution in [3.8, 4) is 0 Å². The number of ketones is 1. The first-order chi connectivity index (χ1) is 13.9. The monoisotopic (exact) mass is 471 g/mol. The van der Waals surface area contributed by atoms with Crippen molar-refractivity contribution in [2.24, 2.45) is 0 Å². The Morgan fingerprint density at radius 1 is 1.03 bits per heavy atom. The van der Waals surface area contributed by atoms with E-state index in [0.29, 0.717) is 27.8 Å². The number of furan rings is 1. The van der Waals surface area contributed by atoms with E-state index in [1.807, 2.05) is 0 Å². The van der Waals surface area contributed by atoms with Gasteiger partial charge in [0.15, 0.2) is 0 Å². The van der Waals surface area contributed by atoms with E-state index < -0.39 is 17.7 Å². The van der Waals surface area contributed by atoms with Crippen molar-refractivity contribution in [1.82, 2.24) is 0 Å². The lowest BCUT2D eigenvalue weighted by Gasteiger charge is -2.23. The van der Waals surface area contributed by atoms with Crippen molar-refractivity contribution < 1.29 is 19.1 Å². The number of aliphatic hydroxyl groups excluding tert-OH is 1. The Kier molecular flexibility index (Phi) is 5.06. The van der Waals surface area contributed by atoms with E-state index in [1.54, 1.807) is 67.6 Å². The summed E-state index contributed by atoms with van der Waals surface area (Å²) in [5.41, 5.74) is 0.877. The number of amides is 1. The summed E-state index contributed by atoms with van der Waals surface area (Å²) in [5.74, 6) is -0.767. The minimum atomic E-state index is -0.895.